The van der Waals surface area contributed by atoms with Gasteiger partial charge >= 0.3 is 0 Å². The van der Waals surface area contributed by atoms with Gasteiger partial charge in [0.05, 0.1) is 11.4 Å². The van der Waals surface area contributed by atoms with Crippen molar-refractivity contribution in [2.24, 2.45) is 0 Å². The van der Waals surface area contributed by atoms with Crippen LogP contribution in [0.3, 0.4) is 0 Å². The van der Waals surface area contributed by atoms with Crippen LogP contribution in [0.5, 0.6) is 0 Å². The largest absolute Gasteiger partial charge is 0.323 e. The molecule has 0 aliphatic carbocycles. The summed E-state index contributed by atoms with van der Waals surface area (Å²) in [6, 6.07) is 13.8. The maximum atomic E-state index is 12.0. The predicted molar refractivity (Wildman–Crippen MR) is 92.4 cm³/mol. The molecule has 20 heavy (non-hydrogen) atoms. The summed E-state index contributed by atoms with van der Waals surface area (Å²) in [5.41, 5.74) is 1.90. The molecule has 2 aromatic carbocycles. The maximum Gasteiger partial charge on any atom is 0.234 e. The van der Waals surface area contributed by atoms with Crippen LogP contribution in [0.1, 0.15) is 5.56 Å². The number of hydrogen-bond donors (Lipinski definition) is 1. The highest BCUT2D eigenvalue weighted by Crippen LogP contribution is 2.32. The number of thioether (sulfide) groups is 1. The van der Waals surface area contributed by atoms with Crippen LogP contribution in [-0.2, 0) is 4.79 Å². The lowest BCUT2D eigenvalue weighted by atomic mass is 10.2. The molecule has 0 aliphatic rings. The molecule has 0 bridgehead atoms. The Bertz CT molecular complexity index is 594. The minimum Gasteiger partial charge on any atom is -0.323 e. The molecule has 1 N–H and O–H groups in total. The molecule has 0 saturated heterocycles. The third kappa shape index (κ3) is 4.36. The van der Waals surface area contributed by atoms with E-state index in [2.05, 4.69) is 37.2 Å². The fourth-order valence-corrected chi connectivity index (χ4v) is 3.99. The van der Waals surface area contributed by atoms with Gasteiger partial charge in [0.2, 0.25) is 5.91 Å². The molecule has 0 radical (unpaired) electrons. The normalized spacial score (nSPS) is 10.3. The van der Waals surface area contributed by atoms with Crippen molar-refractivity contribution in [1.82, 2.24) is 0 Å². The van der Waals surface area contributed by atoms with Gasteiger partial charge < -0.3 is 5.32 Å². The number of hydrogen-bond acceptors (Lipinski definition) is 2. The number of carbonyl (C=O) groups excluding carboxylic acids is 1. The highest BCUT2D eigenvalue weighted by molar-refractivity contribution is 9.11. The molecule has 0 fully saturated rings. The number of amides is 1. The van der Waals surface area contributed by atoms with Gasteiger partial charge in [0.1, 0.15) is 0 Å². The summed E-state index contributed by atoms with van der Waals surface area (Å²) in [4.78, 5) is 13.1. The van der Waals surface area contributed by atoms with Crippen molar-refractivity contribution < 1.29 is 4.79 Å². The van der Waals surface area contributed by atoms with Crippen LogP contribution >= 0.6 is 43.6 Å². The zero-order valence-corrected chi connectivity index (χ0v) is 14.8. The van der Waals surface area contributed by atoms with Crippen LogP contribution in [-0.4, -0.2) is 11.7 Å². The molecule has 0 spiro atoms. The zero-order chi connectivity index (χ0) is 14.5. The van der Waals surface area contributed by atoms with Crippen LogP contribution in [0.4, 0.5) is 5.69 Å². The SMILES string of the molecule is Cc1cc(Br)c(NC(=O)CSc2ccccc2)c(Br)c1. The molecular weight excluding hydrogens is 402 g/mol. The van der Waals surface area contributed by atoms with Crippen molar-refractivity contribution in [1.29, 1.82) is 0 Å². The third-order valence-electron chi connectivity index (χ3n) is 2.56. The number of nitrogens with one attached hydrogen (secondary N) is 1. The molecule has 2 rings (SSSR count). The quantitative estimate of drug-likeness (QED) is 0.692. The zero-order valence-electron chi connectivity index (χ0n) is 10.8. The lowest BCUT2D eigenvalue weighted by Crippen LogP contribution is -2.14. The summed E-state index contributed by atoms with van der Waals surface area (Å²) in [6.07, 6.45) is 0. The monoisotopic (exact) mass is 413 g/mol. The molecule has 0 aliphatic heterocycles. The number of aryl methyl sites for hydroxylation is 1. The number of carbonyl (C=O) groups is 1. The maximum absolute atomic E-state index is 12.0. The van der Waals surface area contributed by atoms with Crippen molar-refractivity contribution in [3.8, 4) is 0 Å². The number of benzene rings is 2. The summed E-state index contributed by atoms with van der Waals surface area (Å²) >= 11 is 8.46. The van der Waals surface area contributed by atoms with Crippen molar-refractivity contribution in [2.45, 2.75) is 11.8 Å². The lowest BCUT2D eigenvalue weighted by Gasteiger charge is -2.10. The van der Waals surface area contributed by atoms with Crippen LogP contribution in [0, 0.1) is 6.92 Å². The molecule has 5 heteroatoms. The Morgan fingerprint density at radius 1 is 1.15 bits per heavy atom. The summed E-state index contributed by atoms with van der Waals surface area (Å²) < 4.78 is 1.75. The van der Waals surface area contributed by atoms with Gasteiger partial charge in [-0.2, -0.15) is 0 Å². The molecule has 1 amide bonds. The van der Waals surface area contributed by atoms with Gasteiger partial charge in [-0.1, -0.05) is 18.2 Å². The van der Waals surface area contributed by atoms with Gasteiger partial charge in [-0.25, -0.2) is 0 Å². The van der Waals surface area contributed by atoms with Crippen molar-refractivity contribution in [3.05, 3.63) is 57.0 Å². The predicted octanol–water partition coefficient (Wildman–Crippen LogP) is 5.25. The average Bonchev–Trinajstić information content (AvgIpc) is 2.42. The summed E-state index contributed by atoms with van der Waals surface area (Å²) in [6.45, 7) is 2.01. The van der Waals surface area contributed by atoms with E-state index >= 15 is 0 Å². The van der Waals surface area contributed by atoms with Crippen LogP contribution < -0.4 is 5.32 Å². The van der Waals surface area contributed by atoms with Crippen molar-refractivity contribution in [3.63, 3.8) is 0 Å². The molecule has 0 atom stereocenters. The summed E-state index contributed by atoms with van der Waals surface area (Å²) in [5.74, 6) is 0.362. The Hall–Kier alpha value is -0.780. The Morgan fingerprint density at radius 2 is 1.75 bits per heavy atom. The molecule has 104 valence electrons. The number of halogens is 2. The van der Waals surface area contributed by atoms with E-state index in [9.17, 15) is 4.79 Å². The van der Waals surface area contributed by atoms with Gasteiger partial charge in [0.15, 0.2) is 0 Å². The van der Waals surface area contributed by atoms with Crippen LogP contribution in [0.15, 0.2) is 56.3 Å². The second-order valence-corrected chi connectivity index (χ2v) is 7.01. The first-order valence-corrected chi connectivity index (χ1v) is 8.57. The van der Waals surface area contributed by atoms with Crippen molar-refractivity contribution >= 4 is 55.2 Å². The van der Waals surface area contributed by atoms with E-state index in [0.29, 0.717) is 5.75 Å². The minimum atomic E-state index is -0.0240. The molecule has 0 aromatic heterocycles. The van der Waals surface area contributed by atoms with Crippen LogP contribution in [0.25, 0.3) is 0 Å². The summed E-state index contributed by atoms with van der Waals surface area (Å²) in [5, 5.41) is 2.92. The number of rotatable bonds is 4. The first-order chi connectivity index (χ1) is 9.56. The molecule has 0 heterocycles. The minimum absolute atomic E-state index is 0.0240. The second kappa shape index (κ2) is 7.29. The smallest absolute Gasteiger partial charge is 0.234 e. The first-order valence-electron chi connectivity index (χ1n) is 5.99. The molecule has 0 unspecified atom stereocenters. The highest BCUT2D eigenvalue weighted by Gasteiger charge is 2.10. The lowest BCUT2D eigenvalue weighted by molar-refractivity contribution is -0.113. The first kappa shape index (κ1) is 15.6. The van der Waals surface area contributed by atoms with Gasteiger partial charge in [0, 0.05) is 13.8 Å². The van der Waals surface area contributed by atoms with E-state index < -0.39 is 0 Å². The average molecular weight is 415 g/mol. The van der Waals surface area contributed by atoms with E-state index in [0.717, 1.165) is 25.1 Å². The fourth-order valence-electron chi connectivity index (χ4n) is 1.66. The van der Waals surface area contributed by atoms with E-state index in [1.807, 2.05) is 49.4 Å². The van der Waals surface area contributed by atoms with Crippen LogP contribution in [0.2, 0.25) is 0 Å². The molecule has 2 aromatic rings. The van der Waals surface area contributed by atoms with Gasteiger partial charge in [-0.05, 0) is 68.6 Å². The Morgan fingerprint density at radius 3 is 2.35 bits per heavy atom. The third-order valence-corrected chi connectivity index (χ3v) is 4.83. The van der Waals surface area contributed by atoms with E-state index in [-0.39, 0.29) is 5.91 Å². The van der Waals surface area contributed by atoms with E-state index in [4.69, 9.17) is 0 Å². The number of anilines is 1. The van der Waals surface area contributed by atoms with Crippen molar-refractivity contribution in [2.75, 3.05) is 11.1 Å². The topological polar surface area (TPSA) is 29.1 Å². The second-order valence-electron chi connectivity index (χ2n) is 4.25. The van der Waals surface area contributed by atoms with E-state index in [1.165, 1.54) is 11.8 Å². The standard InChI is InChI=1S/C15H13Br2NOS/c1-10-7-12(16)15(13(17)8-10)18-14(19)9-20-11-5-3-2-4-6-11/h2-8H,9H2,1H3,(H,18,19). The fraction of sp³-hybridized carbons (Fsp3) is 0.133. The van der Waals surface area contributed by atoms with Gasteiger partial charge in [-0.15, -0.1) is 11.8 Å². The highest BCUT2D eigenvalue weighted by atomic mass is 79.9. The Balaban J connectivity index is 1.98. The Labute approximate surface area is 139 Å². The molecule has 0 saturated carbocycles. The molecule has 2 nitrogen and oxygen atoms in total. The van der Waals surface area contributed by atoms with E-state index in [1.54, 1.807) is 0 Å². The van der Waals surface area contributed by atoms with Gasteiger partial charge in [0.25, 0.3) is 0 Å². The molecular formula is C15H13Br2NOS. The Kier molecular flexibility index (Phi) is 5.69. The summed E-state index contributed by atoms with van der Waals surface area (Å²) in [7, 11) is 0. The van der Waals surface area contributed by atoms with Gasteiger partial charge in [-0.3, -0.25) is 4.79 Å².